The predicted molar refractivity (Wildman–Crippen MR) is 80.6 cm³/mol. The highest BCUT2D eigenvalue weighted by molar-refractivity contribution is 5.88. The zero-order valence-electron chi connectivity index (χ0n) is 11.7. The molecule has 0 aliphatic rings. The van der Waals surface area contributed by atoms with Gasteiger partial charge in [0.2, 0.25) is 5.91 Å². The summed E-state index contributed by atoms with van der Waals surface area (Å²) in [5.41, 5.74) is 2.11. The molecule has 1 amide bonds. The first kappa shape index (κ1) is 14.6. The fourth-order valence-electron chi connectivity index (χ4n) is 2.33. The first-order chi connectivity index (χ1) is 9.81. The normalized spacial score (nSPS) is 10.8. The van der Waals surface area contributed by atoms with Gasteiger partial charge < -0.3 is 15.4 Å². The molecule has 0 saturated heterocycles. The van der Waals surface area contributed by atoms with E-state index in [0.717, 1.165) is 42.1 Å². The van der Waals surface area contributed by atoms with E-state index in [1.54, 1.807) is 0 Å². The second-order valence-corrected chi connectivity index (χ2v) is 5.02. The minimum Gasteiger partial charge on any atom is -0.396 e. The number of unbranched alkanes of at least 4 members (excludes halogenated alkanes) is 3. The molecule has 0 fully saturated rings. The van der Waals surface area contributed by atoms with Crippen molar-refractivity contribution in [2.75, 3.05) is 13.2 Å². The molecule has 0 radical (unpaired) electrons. The van der Waals surface area contributed by atoms with E-state index in [-0.39, 0.29) is 12.5 Å². The molecule has 0 bridgehead atoms. The summed E-state index contributed by atoms with van der Waals surface area (Å²) < 4.78 is 0. The first-order valence-corrected chi connectivity index (χ1v) is 7.24. The van der Waals surface area contributed by atoms with Gasteiger partial charge in [0, 0.05) is 30.3 Å². The maximum atomic E-state index is 11.9. The fourth-order valence-corrected chi connectivity index (χ4v) is 2.33. The molecule has 20 heavy (non-hydrogen) atoms. The number of aromatic amines is 1. The van der Waals surface area contributed by atoms with E-state index in [2.05, 4.69) is 10.3 Å². The van der Waals surface area contributed by atoms with Crippen molar-refractivity contribution in [2.45, 2.75) is 32.1 Å². The molecule has 2 aromatic rings. The molecule has 0 spiro atoms. The van der Waals surface area contributed by atoms with Crippen molar-refractivity contribution in [1.29, 1.82) is 0 Å². The van der Waals surface area contributed by atoms with Crippen LogP contribution in [-0.4, -0.2) is 29.1 Å². The van der Waals surface area contributed by atoms with Crippen molar-refractivity contribution in [2.24, 2.45) is 0 Å². The van der Waals surface area contributed by atoms with E-state index in [1.165, 1.54) is 0 Å². The molecule has 1 heterocycles. The van der Waals surface area contributed by atoms with Gasteiger partial charge in [0.25, 0.3) is 0 Å². The molecule has 3 N–H and O–H groups in total. The number of carbonyl (C=O) groups is 1. The molecule has 0 atom stereocenters. The number of aliphatic hydroxyl groups excluding tert-OH is 1. The van der Waals surface area contributed by atoms with Gasteiger partial charge in [-0.2, -0.15) is 0 Å². The number of aliphatic hydroxyl groups is 1. The van der Waals surface area contributed by atoms with Crippen molar-refractivity contribution in [3.63, 3.8) is 0 Å². The van der Waals surface area contributed by atoms with E-state index in [1.807, 2.05) is 30.5 Å². The lowest BCUT2D eigenvalue weighted by Crippen LogP contribution is -2.26. The fraction of sp³-hybridized carbons (Fsp3) is 0.438. The van der Waals surface area contributed by atoms with Gasteiger partial charge >= 0.3 is 0 Å². The molecular weight excluding hydrogens is 252 g/mol. The molecular formula is C16H22N2O2. The molecule has 1 aromatic carbocycles. The number of carbonyl (C=O) groups excluding carboxylic acids is 1. The van der Waals surface area contributed by atoms with Gasteiger partial charge in [-0.3, -0.25) is 4.79 Å². The van der Waals surface area contributed by atoms with Crippen LogP contribution >= 0.6 is 0 Å². The van der Waals surface area contributed by atoms with Gasteiger partial charge in [0.05, 0.1) is 6.42 Å². The number of rotatable bonds is 8. The van der Waals surface area contributed by atoms with Gasteiger partial charge in [0.15, 0.2) is 0 Å². The van der Waals surface area contributed by atoms with Gasteiger partial charge in [-0.15, -0.1) is 0 Å². The van der Waals surface area contributed by atoms with E-state index < -0.39 is 0 Å². The number of para-hydroxylation sites is 1. The number of fused-ring (bicyclic) bond motifs is 1. The highest BCUT2D eigenvalue weighted by Gasteiger charge is 2.07. The molecule has 4 nitrogen and oxygen atoms in total. The average molecular weight is 274 g/mol. The molecule has 0 aliphatic carbocycles. The topological polar surface area (TPSA) is 65.1 Å². The Morgan fingerprint density at radius 2 is 1.95 bits per heavy atom. The van der Waals surface area contributed by atoms with Crippen LogP contribution in [0.4, 0.5) is 0 Å². The Morgan fingerprint density at radius 1 is 1.15 bits per heavy atom. The minimum atomic E-state index is 0.0666. The van der Waals surface area contributed by atoms with Crippen LogP contribution in [-0.2, 0) is 11.2 Å². The smallest absolute Gasteiger partial charge is 0.224 e. The maximum Gasteiger partial charge on any atom is 0.224 e. The lowest BCUT2D eigenvalue weighted by molar-refractivity contribution is -0.120. The van der Waals surface area contributed by atoms with Crippen LogP contribution in [0.3, 0.4) is 0 Å². The Morgan fingerprint density at radius 3 is 2.80 bits per heavy atom. The molecule has 4 heteroatoms. The summed E-state index contributed by atoms with van der Waals surface area (Å²) in [6, 6.07) is 8.01. The van der Waals surface area contributed by atoms with Gasteiger partial charge in [0.1, 0.15) is 0 Å². The molecule has 1 aromatic heterocycles. The van der Waals surface area contributed by atoms with E-state index in [0.29, 0.717) is 13.0 Å². The molecule has 0 saturated carbocycles. The van der Waals surface area contributed by atoms with Crippen LogP contribution in [0.2, 0.25) is 0 Å². The minimum absolute atomic E-state index is 0.0666. The number of benzene rings is 1. The van der Waals surface area contributed by atoms with Crippen LogP contribution in [0.15, 0.2) is 30.5 Å². The Kier molecular flexibility index (Phi) is 5.62. The quantitative estimate of drug-likeness (QED) is 0.647. The van der Waals surface area contributed by atoms with Gasteiger partial charge in [-0.1, -0.05) is 31.0 Å². The van der Waals surface area contributed by atoms with Crippen LogP contribution in [0.5, 0.6) is 0 Å². The van der Waals surface area contributed by atoms with Crippen molar-refractivity contribution >= 4 is 16.8 Å². The van der Waals surface area contributed by atoms with Crippen LogP contribution in [0.25, 0.3) is 10.9 Å². The third-order valence-corrected chi connectivity index (χ3v) is 3.43. The van der Waals surface area contributed by atoms with Crippen molar-refractivity contribution < 1.29 is 9.90 Å². The SMILES string of the molecule is O=C(Cc1c[nH]c2ccccc12)NCCCCCCO. The van der Waals surface area contributed by atoms with Crippen molar-refractivity contribution in [1.82, 2.24) is 10.3 Å². The third-order valence-electron chi connectivity index (χ3n) is 3.43. The second-order valence-electron chi connectivity index (χ2n) is 5.02. The molecule has 108 valence electrons. The van der Waals surface area contributed by atoms with Gasteiger partial charge in [-0.25, -0.2) is 0 Å². The second kappa shape index (κ2) is 7.70. The molecule has 0 unspecified atom stereocenters. The largest absolute Gasteiger partial charge is 0.396 e. The monoisotopic (exact) mass is 274 g/mol. The Balaban J connectivity index is 1.74. The Bertz CT molecular complexity index is 548. The van der Waals surface area contributed by atoms with E-state index in [9.17, 15) is 4.79 Å². The number of hydrogen-bond acceptors (Lipinski definition) is 2. The molecule has 2 rings (SSSR count). The highest BCUT2D eigenvalue weighted by atomic mass is 16.2. The van der Waals surface area contributed by atoms with Crippen molar-refractivity contribution in [3.05, 3.63) is 36.0 Å². The van der Waals surface area contributed by atoms with Crippen LogP contribution < -0.4 is 5.32 Å². The van der Waals surface area contributed by atoms with Crippen LogP contribution in [0.1, 0.15) is 31.2 Å². The maximum absolute atomic E-state index is 11.9. The zero-order chi connectivity index (χ0) is 14.2. The lowest BCUT2D eigenvalue weighted by Gasteiger charge is -2.04. The lowest BCUT2D eigenvalue weighted by atomic mass is 10.1. The number of hydrogen-bond donors (Lipinski definition) is 3. The Labute approximate surface area is 119 Å². The van der Waals surface area contributed by atoms with Crippen LogP contribution in [0, 0.1) is 0 Å². The predicted octanol–water partition coefficient (Wildman–Crippen LogP) is 2.38. The number of aromatic nitrogens is 1. The number of H-pyrrole nitrogens is 1. The number of amides is 1. The first-order valence-electron chi connectivity index (χ1n) is 7.24. The van der Waals surface area contributed by atoms with Crippen molar-refractivity contribution in [3.8, 4) is 0 Å². The average Bonchev–Trinajstić information content (AvgIpc) is 2.86. The number of nitrogens with one attached hydrogen (secondary N) is 2. The van der Waals surface area contributed by atoms with E-state index >= 15 is 0 Å². The van der Waals surface area contributed by atoms with E-state index in [4.69, 9.17) is 5.11 Å². The standard InChI is InChI=1S/C16H22N2O2/c19-10-6-2-1-5-9-17-16(20)11-13-12-18-15-8-4-3-7-14(13)15/h3-4,7-8,12,18-19H,1-2,5-6,9-11H2,(H,17,20). The summed E-state index contributed by atoms with van der Waals surface area (Å²) in [5, 5.41) is 12.7. The summed E-state index contributed by atoms with van der Waals surface area (Å²) in [5.74, 6) is 0.0666. The highest BCUT2D eigenvalue weighted by Crippen LogP contribution is 2.17. The Hall–Kier alpha value is -1.81. The summed E-state index contributed by atoms with van der Waals surface area (Å²) in [6.45, 7) is 0.972. The summed E-state index contributed by atoms with van der Waals surface area (Å²) in [7, 11) is 0. The zero-order valence-corrected chi connectivity index (χ0v) is 11.7. The van der Waals surface area contributed by atoms with Gasteiger partial charge in [-0.05, 0) is 24.5 Å². The third kappa shape index (κ3) is 4.10. The summed E-state index contributed by atoms with van der Waals surface area (Å²) in [6.07, 6.45) is 6.22. The summed E-state index contributed by atoms with van der Waals surface area (Å²) >= 11 is 0. The summed E-state index contributed by atoms with van der Waals surface area (Å²) in [4.78, 5) is 15.1. The molecule has 0 aliphatic heterocycles.